The van der Waals surface area contributed by atoms with Gasteiger partial charge in [0.2, 0.25) is 5.90 Å². The van der Waals surface area contributed by atoms with Gasteiger partial charge in [-0.05, 0) is 41.0 Å². The molecule has 182 valence electrons. The first kappa shape index (κ1) is 23.1. The molecule has 0 radical (unpaired) electrons. The minimum Gasteiger partial charge on any atom is -0.471 e. The zero-order valence-corrected chi connectivity index (χ0v) is 20.9. The molecule has 6 rings (SSSR count). The molecule has 7 nitrogen and oxygen atoms in total. The van der Waals surface area contributed by atoms with Crippen LogP contribution in [0.5, 0.6) is 0 Å². The second-order valence-electron chi connectivity index (χ2n) is 8.34. The van der Waals surface area contributed by atoms with Crippen molar-refractivity contribution in [2.75, 3.05) is 0 Å². The third kappa shape index (κ3) is 4.50. The molecule has 4 aromatic rings. The molecule has 0 unspecified atom stereocenters. The number of nitrogens with zero attached hydrogens (tertiary/aromatic N) is 4. The van der Waals surface area contributed by atoms with Crippen molar-refractivity contribution in [3.63, 3.8) is 0 Å². The molecule has 0 saturated carbocycles. The monoisotopic (exact) mass is 527 g/mol. The molecule has 0 saturated heterocycles. The summed E-state index contributed by atoms with van der Waals surface area (Å²) in [5.74, 6) is 2.27. The first-order valence-corrected chi connectivity index (χ1v) is 12.1. The van der Waals surface area contributed by atoms with Crippen LogP contribution in [0.4, 0.5) is 0 Å². The lowest BCUT2D eigenvalue weighted by Gasteiger charge is -2.27. The highest BCUT2D eigenvalue weighted by atomic mass is 35.5. The van der Waals surface area contributed by atoms with Crippen molar-refractivity contribution >= 4 is 46.1 Å². The van der Waals surface area contributed by atoms with E-state index < -0.39 is 0 Å². The number of nitrogens with one attached hydrogen (secondary N) is 1. The lowest BCUT2D eigenvalue weighted by Crippen LogP contribution is -2.31. The number of hydrazone groups is 2. The van der Waals surface area contributed by atoms with Gasteiger partial charge in [-0.2, -0.15) is 10.1 Å². The fourth-order valence-corrected chi connectivity index (χ4v) is 4.38. The van der Waals surface area contributed by atoms with Crippen LogP contribution in [0.1, 0.15) is 16.7 Å². The standard InChI is InChI=1S/C28H19Cl2N5O2/c1-17-32-33-27-25(20-6-10-22(29)11-7-20)26(21-8-12-23(30)13-9-21)28(34-35(17)27)36-16-18-2-4-19(5-3-18)24-14-15-31-37-24/h2-15,32H,1,16H2. The van der Waals surface area contributed by atoms with E-state index in [1.807, 2.05) is 78.9 Å². The van der Waals surface area contributed by atoms with E-state index in [1.54, 1.807) is 11.2 Å². The quantitative estimate of drug-likeness (QED) is 0.309. The Kier molecular flexibility index (Phi) is 6.00. The fourth-order valence-electron chi connectivity index (χ4n) is 4.13. The molecule has 3 heterocycles. The Morgan fingerprint density at radius 3 is 2.05 bits per heavy atom. The molecule has 1 aromatic heterocycles. The van der Waals surface area contributed by atoms with Crippen LogP contribution in [-0.4, -0.2) is 21.9 Å². The molecule has 1 N–H and O–H groups in total. The second-order valence-corrected chi connectivity index (χ2v) is 9.21. The maximum Gasteiger partial charge on any atom is 0.240 e. The van der Waals surface area contributed by atoms with Gasteiger partial charge in [0.05, 0.1) is 11.8 Å². The van der Waals surface area contributed by atoms with Crippen LogP contribution in [0.15, 0.2) is 112 Å². The Bertz CT molecular complexity index is 1560. The van der Waals surface area contributed by atoms with Crippen molar-refractivity contribution in [3.8, 4) is 11.3 Å². The van der Waals surface area contributed by atoms with Crippen molar-refractivity contribution < 1.29 is 9.26 Å². The lowest BCUT2D eigenvalue weighted by molar-refractivity contribution is 0.288. The van der Waals surface area contributed by atoms with E-state index in [-0.39, 0.29) is 0 Å². The van der Waals surface area contributed by atoms with Gasteiger partial charge in [-0.1, -0.05) is 83.5 Å². The summed E-state index contributed by atoms with van der Waals surface area (Å²) in [6, 6.07) is 24.8. The Balaban J connectivity index is 1.41. The van der Waals surface area contributed by atoms with Gasteiger partial charge in [0, 0.05) is 27.2 Å². The van der Waals surface area contributed by atoms with Crippen LogP contribution in [0.2, 0.25) is 10.0 Å². The largest absolute Gasteiger partial charge is 0.471 e. The van der Waals surface area contributed by atoms with Crippen LogP contribution in [0, 0.1) is 0 Å². The van der Waals surface area contributed by atoms with Gasteiger partial charge in [0.25, 0.3) is 0 Å². The van der Waals surface area contributed by atoms with Gasteiger partial charge < -0.3 is 9.26 Å². The van der Waals surface area contributed by atoms with E-state index in [4.69, 9.17) is 37.6 Å². The van der Waals surface area contributed by atoms with Gasteiger partial charge in [-0.3, -0.25) is 5.43 Å². The number of halogens is 2. The fraction of sp³-hybridized carbons (Fsp3) is 0.0357. The van der Waals surface area contributed by atoms with E-state index >= 15 is 0 Å². The number of hydrogen-bond donors (Lipinski definition) is 1. The van der Waals surface area contributed by atoms with Crippen LogP contribution in [-0.2, 0) is 11.3 Å². The van der Waals surface area contributed by atoms with Gasteiger partial charge in [0.1, 0.15) is 12.4 Å². The number of ether oxygens (including phenoxy) is 1. The Labute approximate surface area is 222 Å². The molecular formula is C28H19Cl2N5O2. The van der Waals surface area contributed by atoms with Crippen LogP contribution in [0.3, 0.4) is 0 Å². The van der Waals surface area contributed by atoms with Gasteiger partial charge in [-0.15, -0.1) is 5.10 Å². The Morgan fingerprint density at radius 1 is 0.811 bits per heavy atom. The Morgan fingerprint density at radius 2 is 1.43 bits per heavy atom. The maximum atomic E-state index is 6.36. The third-order valence-electron chi connectivity index (χ3n) is 5.94. The summed E-state index contributed by atoms with van der Waals surface area (Å²) in [6.07, 6.45) is 1.62. The van der Waals surface area contributed by atoms with Crippen LogP contribution in [0.25, 0.3) is 22.5 Å². The molecule has 0 amide bonds. The molecule has 0 spiro atoms. The minimum atomic E-state index is 0.292. The van der Waals surface area contributed by atoms with Crippen molar-refractivity contribution in [2.45, 2.75) is 6.61 Å². The third-order valence-corrected chi connectivity index (χ3v) is 6.45. The average molecular weight is 528 g/mol. The highest BCUT2D eigenvalue weighted by Crippen LogP contribution is 2.37. The summed E-state index contributed by atoms with van der Waals surface area (Å²) in [6.45, 7) is 4.33. The SMILES string of the molecule is C=C1NN=C2C(c3ccc(Cl)cc3)=C(c3ccc(Cl)cc3)C(OCc3ccc(-c4ccno4)cc3)=NN12. The van der Waals surface area contributed by atoms with Crippen LogP contribution >= 0.6 is 23.2 Å². The number of hydrogen-bond acceptors (Lipinski definition) is 7. The summed E-state index contributed by atoms with van der Waals surface area (Å²) < 4.78 is 11.6. The van der Waals surface area contributed by atoms with Gasteiger partial charge >= 0.3 is 0 Å². The van der Waals surface area contributed by atoms with E-state index in [0.717, 1.165) is 33.4 Å². The molecule has 2 aliphatic heterocycles. The van der Waals surface area contributed by atoms with E-state index in [9.17, 15) is 0 Å². The van der Waals surface area contributed by atoms with Gasteiger partial charge in [0.15, 0.2) is 11.6 Å². The van der Waals surface area contributed by atoms with Crippen molar-refractivity contribution in [3.05, 3.63) is 124 Å². The maximum absolute atomic E-state index is 6.36. The first-order chi connectivity index (χ1) is 18.1. The van der Waals surface area contributed by atoms with Crippen LogP contribution < -0.4 is 5.43 Å². The predicted molar refractivity (Wildman–Crippen MR) is 145 cm³/mol. The summed E-state index contributed by atoms with van der Waals surface area (Å²) in [7, 11) is 0. The average Bonchev–Trinajstić information content (AvgIpc) is 3.59. The van der Waals surface area contributed by atoms with Crippen molar-refractivity contribution in [1.82, 2.24) is 15.6 Å². The highest BCUT2D eigenvalue weighted by molar-refractivity contribution is 6.43. The minimum absolute atomic E-state index is 0.292. The molecule has 37 heavy (non-hydrogen) atoms. The number of benzene rings is 3. The van der Waals surface area contributed by atoms with E-state index in [2.05, 4.69) is 22.3 Å². The topological polar surface area (TPSA) is 75.2 Å². The second kappa shape index (κ2) is 9.61. The predicted octanol–water partition coefficient (Wildman–Crippen LogP) is 6.79. The number of amidine groups is 1. The summed E-state index contributed by atoms with van der Waals surface area (Å²) in [5, 5.41) is 15.9. The molecule has 0 fully saturated rings. The molecular weight excluding hydrogens is 509 g/mol. The summed E-state index contributed by atoms with van der Waals surface area (Å²) >= 11 is 12.4. The number of aromatic nitrogens is 1. The number of rotatable bonds is 5. The van der Waals surface area contributed by atoms with E-state index in [0.29, 0.717) is 40.0 Å². The molecule has 0 atom stereocenters. The van der Waals surface area contributed by atoms with Crippen molar-refractivity contribution in [1.29, 1.82) is 0 Å². The molecule has 3 aromatic carbocycles. The first-order valence-electron chi connectivity index (χ1n) is 11.4. The van der Waals surface area contributed by atoms with Gasteiger partial charge in [-0.25, -0.2) is 0 Å². The summed E-state index contributed by atoms with van der Waals surface area (Å²) in [5.41, 5.74) is 8.23. The van der Waals surface area contributed by atoms with E-state index in [1.165, 1.54) is 0 Å². The van der Waals surface area contributed by atoms with Crippen molar-refractivity contribution in [2.24, 2.45) is 10.2 Å². The summed E-state index contributed by atoms with van der Waals surface area (Å²) in [4.78, 5) is 0. The molecule has 0 aliphatic carbocycles. The molecule has 2 aliphatic rings. The Hall–Kier alpha value is -4.33. The molecule has 0 bridgehead atoms. The lowest BCUT2D eigenvalue weighted by atomic mass is 9.92. The smallest absolute Gasteiger partial charge is 0.240 e. The normalized spacial score (nSPS) is 14.8. The number of fused-ring (bicyclic) bond motifs is 1. The molecule has 9 heteroatoms. The zero-order chi connectivity index (χ0) is 25.4. The zero-order valence-electron chi connectivity index (χ0n) is 19.4. The highest BCUT2D eigenvalue weighted by Gasteiger charge is 2.35.